The first kappa shape index (κ1) is 12.2. The molecule has 7 nitrogen and oxygen atoms in total. The van der Waals surface area contributed by atoms with E-state index < -0.39 is 0 Å². The number of anilines is 3. The minimum Gasteiger partial charge on any atom is -0.497 e. The Morgan fingerprint density at radius 1 is 1.25 bits per heavy atom. The van der Waals surface area contributed by atoms with E-state index in [4.69, 9.17) is 4.74 Å². The van der Waals surface area contributed by atoms with Gasteiger partial charge in [0.1, 0.15) is 11.3 Å². The fourth-order valence-electron chi connectivity index (χ4n) is 1.87. The molecule has 0 bridgehead atoms. The molecule has 3 rings (SSSR count). The molecule has 0 aliphatic rings. The summed E-state index contributed by atoms with van der Waals surface area (Å²) < 4.78 is 5.20. The zero-order chi connectivity index (χ0) is 13.9. The van der Waals surface area contributed by atoms with Crippen LogP contribution in [0.2, 0.25) is 0 Å². The topological polar surface area (TPSA) is 87.8 Å². The van der Waals surface area contributed by atoms with Crippen molar-refractivity contribution >= 4 is 28.6 Å². The van der Waals surface area contributed by atoms with E-state index in [-0.39, 0.29) is 0 Å². The van der Waals surface area contributed by atoms with Crippen molar-refractivity contribution in [1.29, 1.82) is 0 Å². The van der Waals surface area contributed by atoms with Gasteiger partial charge in [0.25, 0.3) is 0 Å². The maximum absolute atomic E-state index is 5.20. The SMILES string of the molecule is CNc1nc(Nc2cccc(OC)c2)c2[nH]cnc2n1. The summed E-state index contributed by atoms with van der Waals surface area (Å²) in [6, 6.07) is 7.62. The first-order chi connectivity index (χ1) is 9.80. The van der Waals surface area contributed by atoms with Crippen LogP contribution in [0.3, 0.4) is 0 Å². The van der Waals surface area contributed by atoms with Crippen molar-refractivity contribution in [3.63, 3.8) is 0 Å². The van der Waals surface area contributed by atoms with Crippen LogP contribution in [-0.2, 0) is 0 Å². The second-order valence-electron chi connectivity index (χ2n) is 4.10. The molecule has 0 fully saturated rings. The lowest BCUT2D eigenvalue weighted by Gasteiger charge is -2.09. The molecular formula is C13H14N6O. The van der Waals surface area contributed by atoms with Gasteiger partial charge in [-0.25, -0.2) is 4.98 Å². The van der Waals surface area contributed by atoms with Crippen LogP contribution in [0, 0.1) is 0 Å². The molecule has 3 N–H and O–H groups in total. The summed E-state index contributed by atoms with van der Waals surface area (Å²) in [6.07, 6.45) is 1.59. The average Bonchev–Trinajstić information content (AvgIpc) is 2.96. The first-order valence-corrected chi connectivity index (χ1v) is 6.10. The molecule has 0 saturated heterocycles. The van der Waals surface area contributed by atoms with Gasteiger partial charge in [-0.1, -0.05) is 6.07 Å². The monoisotopic (exact) mass is 270 g/mol. The quantitative estimate of drug-likeness (QED) is 0.673. The Bertz CT molecular complexity index is 739. The van der Waals surface area contributed by atoms with E-state index in [1.807, 2.05) is 24.3 Å². The average molecular weight is 270 g/mol. The third-order valence-electron chi connectivity index (χ3n) is 2.84. The number of imidazole rings is 1. The molecule has 0 aliphatic heterocycles. The third-order valence-corrected chi connectivity index (χ3v) is 2.84. The van der Waals surface area contributed by atoms with Crippen LogP contribution in [0.25, 0.3) is 11.2 Å². The predicted octanol–water partition coefficient (Wildman–Crippen LogP) is 2.15. The van der Waals surface area contributed by atoms with Crippen molar-refractivity contribution in [3.05, 3.63) is 30.6 Å². The largest absolute Gasteiger partial charge is 0.497 e. The fraction of sp³-hybridized carbons (Fsp3) is 0.154. The molecule has 0 radical (unpaired) electrons. The highest BCUT2D eigenvalue weighted by Gasteiger charge is 2.09. The summed E-state index contributed by atoms with van der Waals surface area (Å²) in [5, 5.41) is 6.16. The van der Waals surface area contributed by atoms with E-state index in [2.05, 4.69) is 30.6 Å². The van der Waals surface area contributed by atoms with Gasteiger partial charge in [-0.15, -0.1) is 0 Å². The number of aromatic amines is 1. The van der Waals surface area contributed by atoms with Crippen molar-refractivity contribution in [3.8, 4) is 5.75 Å². The van der Waals surface area contributed by atoms with Gasteiger partial charge in [-0.3, -0.25) is 0 Å². The van der Waals surface area contributed by atoms with E-state index >= 15 is 0 Å². The number of hydrogen-bond acceptors (Lipinski definition) is 6. The number of nitrogens with one attached hydrogen (secondary N) is 3. The molecule has 0 atom stereocenters. The van der Waals surface area contributed by atoms with Gasteiger partial charge < -0.3 is 20.4 Å². The second-order valence-corrected chi connectivity index (χ2v) is 4.10. The number of ether oxygens (including phenoxy) is 1. The van der Waals surface area contributed by atoms with Crippen LogP contribution >= 0.6 is 0 Å². The Labute approximate surface area is 115 Å². The zero-order valence-corrected chi connectivity index (χ0v) is 11.1. The molecule has 2 aromatic heterocycles. The minimum atomic E-state index is 0.509. The lowest BCUT2D eigenvalue weighted by molar-refractivity contribution is 0.415. The van der Waals surface area contributed by atoms with Crippen LogP contribution in [0.1, 0.15) is 0 Å². The van der Waals surface area contributed by atoms with Crippen LogP contribution in [-0.4, -0.2) is 34.1 Å². The highest BCUT2D eigenvalue weighted by Crippen LogP contribution is 2.24. The number of nitrogens with zero attached hydrogens (tertiary/aromatic N) is 3. The Hall–Kier alpha value is -2.83. The van der Waals surface area contributed by atoms with Crippen molar-refractivity contribution in [1.82, 2.24) is 19.9 Å². The molecule has 0 spiro atoms. The van der Waals surface area contributed by atoms with Gasteiger partial charge in [0.2, 0.25) is 5.95 Å². The standard InChI is InChI=1S/C13H14N6O/c1-14-13-18-11-10(15-7-16-11)12(19-13)17-8-4-3-5-9(6-8)20-2/h3-7H,1-2H3,(H3,14,15,16,17,18,19). The summed E-state index contributed by atoms with van der Waals surface area (Å²) in [5.41, 5.74) is 2.24. The van der Waals surface area contributed by atoms with E-state index in [0.29, 0.717) is 17.4 Å². The molecule has 20 heavy (non-hydrogen) atoms. The fourth-order valence-corrected chi connectivity index (χ4v) is 1.87. The molecule has 2 heterocycles. The molecule has 0 aliphatic carbocycles. The highest BCUT2D eigenvalue weighted by atomic mass is 16.5. The molecule has 0 amide bonds. The Morgan fingerprint density at radius 2 is 2.15 bits per heavy atom. The summed E-state index contributed by atoms with van der Waals surface area (Å²) in [5.74, 6) is 1.94. The van der Waals surface area contributed by atoms with Crippen LogP contribution < -0.4 is 15.4 Å². The maximum atomic E-state index is 5.20. The lowest BCUT2D eigenvalue weighted by atomic mass is 10.3. The molecule has 0 saturated carbocycles. The van der Waals surface area contributed by atoms with Crippen molar-refractivity contribution in [2.45, 2.75) is 0 Å². The number of hydrogen-bond donors (Lipinski definition) is 3. The summed E-state index contributed by atoms with van der Waals surface area (Å²) in [4.78, 5) is 15.8. The number of fused-ring (bicyclic) bond motifs is 1. The van der Waals surface area contributed by atoms with Gasteiger partial charge in [0.05, 0.1) is 13.4 Å². The van der Waals surface area contributed by atoms with Crippen molar-refractivity contribution < 1.29 is 4.74 Å². The Balaban J connectivity index is 2.02. The minimum absolute atomic E-state index is 0.509. The molecule has 7 heteroatoms. The van der Waals surface area contributed by atoms with Crippen molar-refractivity contribution in [2.75, 3.05) is 24.8 Å². The summed E-state index contributed by atoms with van der Waals surface area (Å²) >= 11 is 0. The molecular weight excluding hydrogens is 256 g/mol. The van der Waals surface area contributed by atoms with Crippen LogP contribution in [0.5, 0.6) is 5.75 Å². The Morgan fingerprint density at radius 3 is 2.95 bits per heavy atom. The smallest absolute Gasteiger partial charge is 0.226 e. The molecule has 1 aromatic carbocycles. The highest BCUT2D eigenvalue weighted by molar-refractivity contribution is 5.86. The molecule has 3 aromatic rings. The van der Waals surface area contributed by atoms with Gasteiger partial charge >= 0.3 is 0 Å². The van der Waals surface area contributed by atoms with Gasteiger partial charge in [-0.2, -0.15) is 9.97 Å². The maximum Gasteiger partial charge on any atom is 0.226 e. The molecule has 0 unspecified atom stereocenters. The van der Waals surface area contributed by atoms with Gasteiger partial charge in [0, 0.05) is 18.8 Å². The van der Waals surface area contributed by atoms with Gasteiger partial charge in [0.15, 0.2) is 11.5 Å². The number of H-pyrrole nitrogens is 1. The second kappa shape index (κ2) is 5.04. The number of aromatic nitrogens is 4. The van der Waals surface area contributed by atoms with Gasteiger partial charge in [-0.05, 0) is 12.1 Å². The normalized spacial score (nSPS) is 10.5. The number of methoxy groups -OCH3 is 1. The lowest BCUT2D eigenvalue weighted by Crippen LogP contribution is -2.02. The van der Waals surface area contributed by atoms with E-state index in [1.165, 1.54) is 0 Å². The van der Waals surface area contributed by atoms with Crippen LogP contribution in [0.4, 0.5) is 17.5 Å². The number of rotatable bonds is 4. The predicted molar refractivity (Wildman–Crippen MR) is 77.5 cm³/mol. The zero-order valence-electron chi connectivity index (χ0n) is 11.1. The summed E-state index contributed by atoms with van der Waals surface area (Å²) in [6.45, 7) is 0. The van der Waals surface area contributed by atoms with E-state index in [1.54, 1.807) is 20.5 Å². The van der Waals surface area contributed by atoms with Crippen molar-refractivity contribution in [2.24, 2.45) is 0 Å². The third kappa shape index (κ3) is 2.20. The molecule has 102 valence electrons. The van der Waals surface area contributed by atoms with Crippen LogP contribution in [0.15, 0.2) is 30.6 Å². The van der Waals surface area contributed by atoms with E-state index in [0.717, 1.165) is 17.0 Å². The number of benzene rings is 1. The Kier molecular flexibility index (Phi) is 3.08. The van der Waals surface area contributed by atoms with E-state index in [9.17, 15) is 0 Å². The summed E-state index contributed by atoms with van der Waals surface area (Å²) in [7, 11) is 3.40. The first-order valence-electron chi connectivity index (χ1n) is 6.10.